The van der Waals surface area contributed by atoms with Crippen molar-refractivity contribution in [2.24, 2.45) is 0 Å². The van der Waals surface area contributed by atoms with E-state index in [0.29, 0.717) is 24.3 Å². The Labute approximate surface area is 169 Å². The van der Waals surface area contributed by atoms with E-state index in [1.807, 2.05) is 15.7 Å². The van der Waals surface area contributed by atoms with E-state index in [0.717, 1.165) is 45.2 Å². The molecular weight excluding hydrogens is 348 g/mol. The molecule has 1 saturated carbocycles. The van der Waals surface area contributed by atoms with Crippen molar-refractivity contribution in [1.29, 1.82) is 0 Å². The lowest BCUT2D eigenvalue weighted by atomic mass is 9.90. The molecule has 1 saturated heterocycles. The molecule has 1 aromatic heterocycles. The first-order chi connectivity index (χ1) is 13.8. The van der Waals surface area contributed by atoms with Crippen LogP contribution in [-0.4, -0.2) is 45.8 Å². The number of rotatable bonds is 5. The minimum Gasteiger partial charge on any atom is -0.337 e. The van der Waals surface area contributed by atoms with Crippen LogP contribution in [0.5, 0.6) is 0 Å². The molecule has 1 aliphatic heterocycles. The summed E-state index contributed by atoms with van der Waals surface area (Å²) in [7, 11) is 0. The number of likely N-dealkylation sites (tertiary alicyclic amines) is 1. The van der Waals surface area contributed by atoms with Gasteiger partial charge in [-0.15, -0.1) is 6.58 Å². The summed E-state index contributed by atoms with van der Waals surface area (Å²) in [6.07, 6.45) is 16.5. The van der Waals surface area contributed by atoms with Gasteiger partial charge in [-0.1, -0.05) is 31.8 Å². The summed E-state index contributed by atoms with van der Waals surface area (Å²) in [6.45, 7) is 6.33. The second-order valence-electron chi connectivity index (χ2n) is 8.89. The van der Waals surface area contributed by atoms with E-state index in [2.05, 4.69) is 11.9 Å². The molecule has 0 aromatic carbocycles. The SMILES string of the molecule is C=CCn1nc(C(=O)N2CCCCC2)c2c1CCC(NC1CCCCCC1)C2. The average molecular weight is 385 g/mol. The van der Waals surface area contributed by atoms with Gasteiger partial charge in [0.05, 0.1) is 6.54 Å². The molecule has 1 atom stereocenters. The number of piperidine rings is 1. The lowest BCUT2D eigenvalue weighted by Gasteiger charge is -2.30. The van der Waals surface area contributed by atoms with Crippen LogP contribution >= 0.6 is 0 Å². The molecule has 154 valence electrons. The van der Waals surface area contributed by atoms with E-state index >= 15 is 0 Å². The topological polar surface area (TPSA) is 50.2 Å². The summed E-state index contributed by atoms with van der Waals surface area (Å²) in [5.74, 6) is 0.147. The Hall–Kier alpha value is -1.62. The maximum atomic E-state index is 13.2. The highest BCUT2D eigenvalue weighted by Gasteiger charge is 2.32. The molecule has 1 aromatic rings. The predicted molar refractivity (Wildman–Crippen MR) is 113 cm³/mol. The van der Waals surface area contributed by atoms with E-state index in [4.69, 9.17) is 5.10 Å². The molecule has 2 heterocycles. The first-order valence-electron chi connectivity index (χ1n) is 11.5. The second kappa shape index (κ2) is 9.25. The molecule has 5 nitrogen and oxygen atoms in total. The molecule has 3 aliphatic rings. The fourth-order valence-electron chi connectivity index (χ4n) is 5.30. The minimum absolute atomic E-state index is 0.147. The summed E-state index contributed by atoms with van der Waals surface area (Å²) in [4.78, 5) is 15.3. The van der Waals surface area contributed by atoms with Crippen molar-refractivity contribution >= 4 is 5.91 Å². The van der Waals surface area contributed by atoms with Gasteiger partial charge in [0.2, 0.25) is 0 Å². The van der Waals surface area contributed by atoms with Crippen molar-refractivity contribution in [3.63, 3.8) is 0 Å². The molecule has 0 spiro atoms. The molecule has 2 fully saturated rings. The second-order valence-corrected chi connectivity index (χ2v) is 8.89. The number of amides is 1. The van der Waals surface area contributed by atoms with Gasteiger partial charge in [-0.3, -0.25) is 9.48 Å². The number of hydrogen-bond donors (Lipinski definition) is 1. The quantitative estimate of drug-likeness (QED) is 0.619. The Balaban J connectivity index is 1.52. The van der Waals surface area contributed by atoms with Crippen LogP contribution in [0.4, 0.5) is 0 Å². The van der Waals surface area contributed by atoms with Crippen LogP contribution in [0.15, 0.2) is 12.7 Å². The van der Waals surface area contributed by atoms with E-state index in [9.17, 15) is 4.79 Å². The van der Waals surface area contributed by atoms with Crippen molar-refractivity contribution in [2.75, 3.05) is 13.1 Å². The molecule has 0 bridgehead atoms. The van der Waals surface area contributed by atoms with Crippen LogP contribution in [0.1, 0.15) is 86.0 Å². The highest BCUT2D eigenvalue weighted by Crippen LogP contribution is 2.28. The Kier molecular flexibility index (Phi) is 6.50. The first-order valence-corrected chi connectivity index (χ1v) is 11.5. The van der Waals surface area contributed by atoms with Crippen molar-refractivity contribution in [1.82, 2.24) is 20.0 Å². The summed E-state index contributed by atoms with van der Waals surface area (Å²) < 4.78 is 2.03. The van der Waals surface area contributed by atoms with Crippen LogP contribution in [0, 0.1) is 0 Å². The Morgan fingerprint density at radius 3 is 2.46 bits per heavy atom. The number of aromatic nitrogens is 2. The highest BCUT2D eigenvalue weighted by molar-refractivity contribution is 5.94. The predicted octanol–water partition coefficient (Wildman–Crippen LogP) is 3.86. The van der Waals surface area contributed by atoms with Crippen LogP contribution in [0.25, 0.3) is 0 Å². The van der Waals surface area contributed by atoms with Gasteiger partial charge < -0.3 is 10.2 Å². The zero-order chi connectivity index (χ0) is 19.3. The smallest absolute Gasteiger partial charge is 0.274 e. The number of hydrogen-bond acceptors (Lipinski definition) is 3. The number of fused-ring (bicyclic) bond motifs is 1. The van der Waals surface area contributed by atoms with Gasteiger partial charge in [-0.05, 0) is 51.4 Å². The van der Waals surface area contributed by atoms with Gasteiger partial charge >= 0.3 is 0 Å². The normalized spacial score (nSPS) is 23.9. The van der Waals surface area contributed by atoms with Gasteiger partial charge in [0, 0.05) is 36.4 Å². The molecule has 1 unspecified atom stereocenters. The number of nitrogens with one attached hydrogen (secondary N) is 1. The van der Waals surface area contributed by atoms with Crippen molar-refractivity contribution in [3.05, 3.63) is 29.6 Å². The summed E-state index contributed by atoms with van der Waals surface area (Å²) in [5, 5.41) is 8.72. The van der Waals surface area contributed by atoms with Gasteiger partial charge in [0.25, 0.3) is 5.91 Å². The average Bonchev–Trinajstić information content (AvgIpc) is 2.89. The number of nitrogens with zero attached hydrogens (tertiary/aromatic N) is 3. The summed E-state index contributed by atoms with van der Waals surface area (Å²) in [6, 6.07) is 1.13. The van der Waals surface area contributed by atoms with E-state index in [1.165, 1.54) is 56.2 Å². The zero-order valence-corrected chi connectivity index (χ0v) is 17.3. The van der Waals surface area contributed by atoms with Crippen LogP contribution < -0.4 is 5.32 Å². The van der Waals surface area contributed by atoms with Gasteiger partial charge in [0.1, 0.15) is 0 Å². The molecule has 1 amide bonds. The summed E-state index contributed by atoms with van der Waals surface area (Å²) >= 11 is 0. The standard InChI is InChI=1S/C23H36N4O/c1-2-14-27-21-13-12-19(24-18-10-6-3-4-7-11-18)17-20(21)22(25-27)23(28)26-15-8-5-9-16-26/h2,18-19,24H,1,3-17H2. The lowest BCUT2D eigenvalue weighted by molar-refractivity contribution is 0.0716. The first kappa shape index (κ1) is 19.7. The largest absolute Gasteiger partial charge is 0.337 e. The van der Waals surface area contributed by atoms with Crippen molar-refractivity contribution in [2.45, 2.75) is 95.7 Å². The fraction of sp³-hybridized carbons (Fsp3) is 0.739. The van der Waals surface area contributed by atoms with Gasteiger partial charge in [-0.2, -0.15) is 5.10 Å². The van der Waals surface area contributed by atoms with Gasteiger partial charge in [-0.25, -0.2) is 0 Å². The van der Waals surface area contributed by atoms with Crippen LogP contribution in [0.3, 0.4) is 0 Å². The fourth-order valence-corrected chi connectivity index (χ4v) is 5.30. The zero-order valence-electron chi connectivity index (χ0n) is 17.3. The Morgan fingerprint density at radius 1 is 1.04 bits per heavy atom. The van der Waals surface area contributed by atoms with Crippen LogP contribution in [-0.2, 0) is 19.4 Å². The molecule has 28 heavy (non-hydrogen) atoms. The molecule has 1 N–H and O–H groups in total. The Morgan fingerprint density at radius 2 is 1.75 bits per heavy atom. The molecule has 2 aliphatic carbocycles. The highest BCUT2D eigenvalue weighted by atomic mass is 16.2. The molecule has 0 radical (unpaired) electrons. The lowest BCUT2D eigenvalue weighted by Crippen LogP contribution is -2.42. The third-order valence-electron chi connectivity index (χ3n) is 6.82. The third-order valence-corrected chi connectivity index (χ3v) is 6.82. The number of carbonyl (C=O) groups is 1. The maximum absolute atomic E-state index is 13.2. The summed E-state index contributed by atoms with van der Waals surface area (Å²) in [5.41, 5.74) is 3.18. The van der Waals surface area contributed by atoms with E-state index < -0.39 is 0 Å². The molecule has 4 rings (SSSR count). The van der Waals surface area contributed by atoms with Gasteiger partial charge in [0.15, 0.2) is 5.69 Å². The van der Waals surface area contributed by atoms with E-state index in [-0.39, 0.29) is 5.91 Å². The maximum Gasteiger partial charge on any atom is 0.274 e. The van der Waals surface area contributed by atoms with Crippen molar-refractivity contribution in [3.8, 4) is 0 Å². The molecular formula is C23H36N4O. The Bertz CT molecular complexity index is 681. The number of carbonyl (C=O) groups excluding carboxylic acids is 1. The van der Waals surface area contributed by atoms with Crippen molar-refractivity contribution < 1.29 is 4.79 Å². The number of allylic oxidation sites excluding steroid dienone is 1. The minimum atomic E-state index is 0.147. The van der Waals surface area contributed by atoms with E-state index in [1.54, 1.807) is 0 Å². The molecule has 5 heteroatoms. The monoisotopic (exact) mass is 384 g/mol. The third kappa shape index (κ3) is 4.35. The van der Waals surface area contributed by atoms with Crippen LogP contribution in [0.2, 0.25) is 0 Å².